The number of amides is 1. The highest BCUT2D eigenvalue weighted by atomic mass is 35.5. The van der Waals surface area contributed by atoms with E-state index in [4.69, 9.17) is 11.6 Å². The van der Waals surface area contributed by atoms with E-state index in [1.54, 1.807) is 13.1 Å². The van der Waals surface area contributed by atoms with Crippen molar-refractivity contribution < 1.29 is 13.2 Å². The first-order valence-electron chi connectivity index (χ1n) is 9.69. The molecule has 1 N–H and O–H groups in total. The van der Waals surface area contributed by atoms with Crippen molar-refractivity contribution in [3.8, 4) is 0 Å². The molecular formula is C21H25ClN4O3S. The highest BCUT2D eigenvalue weighted by Crippen LogP contribution is 2.39. The van der Waals surface area contributed by atoms with Gasteiger partial charge in [0.2, 0.25) is 5.82 Å². The predicted molar refractivity (Wildman–Crippen MR) is 118 cm³/mol. The zero-order valence-electron chi connectivity index (χ0n) is 17.2. The van der Waals surface area contributed by atoms with Crippen molar-refractivity contribution in [3.63, 3.8) is 0 Å². The third kappa shape index (κ3) is 5.37. The molecule has 7 nitrogen and oxygen atoms in total. The van der Waals surface area contributed by atoms with E-state index in [0.717, 1.165) is 47.3 Å². The van der Waals surface area contributed by atoms with Gasteiger partial charge in [-0.15, -0.1) is 0 Å². The zero-order chi connectivity index (χ0) is 21.9. The van der Waals surface area contributed by atoms with Crippen molar-refractivity contribution in [2.45, 2.75) is 38.8 Å². The largest absolute Gasteiger partial charge is 0.362 e. The Morgan fingerprint density at radius 2 is 2.10 bits per heavy atom. The maximum atomic E-state index is 12.4. The summed E-state index contributed by atoms with van der Waals surface area (Å²) in [6, 6.07) is 7.49. The van der Waals surface area contributed by atoms with Crippen LogP contribution >= 0.6 is 11.6 Å². The monoisotopic (exact) mass is 448 g/mol. The summed E-state index contributed by atoms with van der Waals surface area (Å²) in [6.45, 7) is 4.39. The lowest BCUT2D eigenvalue weighted by molar-refractivity contribution is 0.0936. The third-order valence-corrected chi connectivity index (χ3v) is 5.95. The number of nitrogens with zero attached hydrogens (tertiary/aromatic N) is 3. The van der Waals surface area contributed by atoms with Gasteiger partial charge in [-0.25, -0.2) is 18.4 Å². The van der Waals surface area contributed by atoms with Gasteiger partial charge >= 0.3 is 0 Å². The molecule has 0 bridgehead atoms. The predicted octanol–water partition coefficient (Wildman–Crippen LogP) is 3.46. The minimum absolute atomic E-state index is 0.0457. The number of rotatable bonds is 6. The van der Waals surface area contributed by atoms with Crippen LogP contribution in [0.15, 0.2) is 41.9 Å². The Kier molecular flexibility index (Phi) is 6.77. The molecule has 0 aliphatic carbocycles. The number of halogens is 1. The SMILES string of the molecule is Cc1nc(C(=O)N[C@H](C)/C=C/S(C)(=O)=O)ncc1N1CCC[C@H]1c1ccccc1Cl. The normalized spacial score (nSPS) is 18.0. The fourth-order valence-electron chi connectivity index (χ4n) is 3.56. The molecule has 3 rings (SSSR count). The number of aryl methyl sites for hydroxylation is 1. The minimum Gasteiger partial charge on any atom is -0.362 e. The van der Waals surface area contributed by atoms with E-state index in [1.165, 1.54) is 6.08 Å². The molecule has 0 saturated carbocycles. The lowest BCUT2D eigenvalue weighted by Gasteiger charge is -2.28. The first kappa shape index (κ1) is 22.2. The molecule has 30 heavy (non-hydrogen) atoms. The minimum atomic E-state index is -3.25. The van der Waals surface area contributed by atoms with Gasteiger partial charge in [0, 0.05) is 29.3 Å². The number of benzene rings is 1. The van der Waals surface area contributed by atoms with Gasteiger partial charge in [-0.1, -0.05) is 35.9 Å². The summed E-state index contributed by atoms with van der Waals surface area (Å²) in [6.07, 6.45) is 6.19. The van der Waals surface area contributed by atoms with Gasteiger partial charge in [0.1, 0.15) is 0 Å². The van der Waals surface area contributed by atoms with Crippen LogP contribution in [0.2, 0.25) is 5.02 Å². The van der Waals surface area contributed by atoms with Crippen LogP contribution in [-0.4, -0.2) is 43.1 Å². The van der Waals surface area contributed by atoms with E-state index in [2.05, 4.69) is 20.2 Å². The van der Waals surface area contributed by atoms with Gasteiger partial charge in [0.15, 0.2) is 9.84 Å². The quantitative estimate of drug-likeness (QED) is 0.727. The molecule has 2 atom stereocenters. The lowest BCUT2D eigenvalue weighted by atomic mass is 10.0. The van der Waals surface area contributed by atoms with Crippen LogP contribution in [0.4, 0.5) is 5.69 Å². The highest BCUT2D eigenvalue weighted by molar-refractivity contribution is 7.93. The van der Waals surface area contributed by atoms with Crippen LogP contribution < -0.4 is 10.2 Å². The summed E-state index contributed by atoms with van der Waals surface area (Å²) >= 11 is 6.41. The molecule has 2 heterocycles. The fraction of sp³-hybridized carbons (Fsp3) is 0.381. The molecule has 1 aliphatic rings. The van der Waals surface area contributed by atoms with Gasteiger partial charge in [-0.2, -0.15) is 0 Å². The molecule has 2 aromatic rings. The molecule has 160 valence electrons. The molecule has 0 radical (unpaired) electrons. The van der Waals surface area contributed by atoms with Crippen LogP contribution in [0.1, 0.15) is 47.7 Å². The van der Waals surface area contributed by atoms with Crippen LogP contribution in [0.25, 0.3) is 0 Å². The molecule has 1 saturated heterocycles. The number of carbonyl (C=O) groups is 1. The standard InChI is InChI=1S/C21H25ClN4O3S/c1-14(10-12-30(3,28)29)24-21(27)20-23-13-19(15(2)25-20)26-11-6-9-18(26)16-7-4-5-8-17(16)22/h4-5,7-8,10,12-14,18H,6,9,11H2,1-3H3,(H,24,27)/b12-10+/t14-,18+/m1/s1. The van der Waals surface area contributed by atoms with E-state index in [-0.39, 0.29) is 11.9 Å². The summed E-state index contributed by atoms with van der Waals surface area (Å²) in [7, 11) is -3.25. The van der Waals surface area contributed by atoms with Gasteiger partial charge in [0.05, 0.1) is 23.6 Å². The zero-order valence-corrected chi connectivity index (χ0v) is 18.7. The number of anilines is 1. The maximum absolute atomic E-state index is 12.4. The van der Waals surface area contributed by atoms with Crippen molar-refractivity contribution in [1.82, 2.24) is 15.3 Å². The second-order valence-corrected chi connectivity index (χ2v) is 9.80. The summed E-state index contributed by atoms with van der Waals surface area (Å²) < 4.78 is 22.4. The Morgan fingerprint density at radius 1 is 1.37 bits per heavy atom. The van der Waals surface area contributed by atoms with E-state index < -0.39 is 21.8 Å². The van der Waals surface area contributed by atoms with Crippen LogP contribution in [0.5, 0.6) is 0 Å². The first-order chi connectivity index (χ1) is 14.2. The number of aromatic nitrogens is 2. The number of carbonyl (C=O) groups excluding carboxylic acids is 1. The van der Waals surface area contributed by atoms with Gasteiger partial charge < -0.3 is 10.2 Å². The number of hydrogen-bond acceptors (Lipinski definition) is 6. The lowest BCUT2D eigenvalue weighted by Crippen LogP contribution is -2.33. The topological polar surface area (TPSA) is 92.3 Å². The summed E-state index contributed by atoms with van der Waals surface area (Å²) in [4.78, 5) is 23.3. The molecule has 0 spiro atoms. The summed E-state index contributed by atoms with van der Waals surface area (Å²) in [5.74, 6) is -0.413. The molecule has 1 aromatic carbocycles. The molecule has 0 unspecified atom stereocenters. The Bertz CT molecular complexity index is 1070. The fourth-order valence-corrected chi connectivity index (χ4v) is 4.34. The molecule has 9 heteroatoms. The number of nitrogens with one attached hydrogen (secondary N) is 1. The smallest absolute Gasteiger partial charge is 0.289 e. The maximum Gasteiger partial charge on any atom is 0.289 e. The molecule has 1 aliphatic heterocycles. The van der Waals surface area contributed by atoms with Gasteiger partial charge in [-0.3, -0.25) is 4.79 Å². The molecule has 1 aromatic heterocycles. The van der Waals surface area contributed by atoms with Crippen molar-refractivity contribution >= 4 is 33.0 Å². The second kappa shape index (κ2) is 9.14. The van der Waals surface area contributed by atoms with Crippen LogP contribution in [0.3, 0.4) is 0 Å². The number of hydrogen-bond donors (Lipinski definition) is 1. The average molecular weight is 449 g/mol. The van der Waals surface area contributed by atoms with Crippen molar-refractivity contribution in [2.75, 3.05) is 17.7 Å². The Hall–Kier alpha value is -2.45. The number of sulfone groups is 1. The van der Waals surface area contributed by atoms with Gasteiger partial charge in [0.25, 0.3) is 5.91 Å². The van der Waals surface area contributed by atoms with Crippen LogP contribution in [0, 0.1) is 6.92 Å². The summed E-state index contributed by atoms with van der Waals surface area (Å²) in [5.41, 5.74) is 2.65. The Morgan fingerprint density at radius 3 is 2.77 bits per heavy atom. The Labute approximate surface area is 182 Å². The van der Waals surface area contributed by atoms with Crippen molar-refractivity contribution in [1.29, 1.82) is 0 Å². The van der Waals surface area contributed by atoms with Crippen molar-refractivity contribution in [3.05, 3.63) is 64.1 Å². The highest BCUT2D eigenvalue weighted by Gasteiger charge is 2.29. The Balaban J connectivity index is 1.77. The molecule has 1 fully saturated rings. The third-order valence-electron chi connectivity index (χ3n) is 4.96. The average Bonchev–Trinajstić information content (AvgIpc) is 3.15. The molecule has 1 amide bonds. The molecular weight excluding hydrogens is 424 g/mol. The second-order valence-electron chi connectivity index (χ2n) is 7.46. The van der Waals surface area contributed by atoms with E-state index in [9.17, 15) is 13.2 Å². The van der Waals surface area contributed by atoms with E-state index in [1.807, 2.05) is 31.2 Å². The van der Waals surface area contributed by atoms with Crippen molar-refractivity contribution in [2.24, 2.45) is 0 Å². The van der Waals surface area contributed by atoms with Gasteiger partial charge in [-0.05, 0) is 38.3 Å². The van der Waals surface area contributed by atoms with E-state index >= 15 is 0 Å². The van der Waals surface area contributed by atoms with Crippen LogP contribution in [-0.2, 0) is 9.84 Å². The van der Waals surface area contributed by atoms with E-state index in [0.29, 0.717) is 5.69 Å². The first-order valence-corrected chi connectivity index (χ1v) is 12.0. The summed E-state index contributed by atoms with van der Waals surface area (Å²) in [5, 5.41) is 4.48.